The molecule has 2 aromatic rings. The zero-order valence-corrected chi connectivity index (χ0v) is 17.2. The molecule has 0 aliphatic carbocycles. The highest BCUT2D eigenvalue weighted by Gasteiger charge is 2.32. The van der Waals surface area contributed by atoms with E-state index in [-0.39, 0.29) is 17.7 Å². The van der Waals surface area contributed by atoms with Crippen LogP contribution in [0.1, 0.15) is 48.7 Å². The maximum Gasteiger partial charge on any atom is 0.258 e. The molecule has 0 saturated carbocycles. The van der Waals surface area contributed by atoms with Gasteiger partial charge in [0.2, 0.25) is 5.91 Å². The lowest BCUT2D eigenvalue weighted by atomic mass is 9.96. The van der Waals surface area contributed by atoms with E-state index in [9.17, 15) is 9.59 Å². The third kappa shape index (κ3) is 4.38. The number of unbranched alkanes of at least 4 members (excludes halogenated alkanes) is 1. The Labute approximate surface area is 170 Å². The number of halogens is 1. The summed E-state index contributed by atoms with van der Waals surface area (Å²) in [5.41, 5.74) is 1.81. The van der Waals surface area contributed by atoms with Crippen molar-refractivity contribution >= 4 is 23.4 Å². The molecule has 0 radical (unpaired) electrons. The number of aryl methyl sites for hydroxylation is 1. The molecule has 1 N–H and O–H groups in total. The molecule has 2 amide bonds. The van der Waals surface area contributed by atoms with E-state index >= 15 is 0 Å². The molecule has 1 aromatic carbocycles. The van der Waals surface area contributed by atoms with Crippen LogP contribution < -0.4 is 5.32 Å². The second-order valence-corrected chi connectivity index (χ2v) is 7.59. The van der Waals surface area contributed by atoms with Gasteiger partial charge in [-0.15, -0.1) is 0 Å². The fourth-order valence-corrected chi connectivity index (χ4v) is 3.90. The second-order valence-electron chi connectivity index (χ2n) is 7.23. The standard InChI is InChI=1S/C21H27ClN4O2/c1-3-4-12-23-20(27)16-9-8-13-25(14-16)21(28)18-15(2)24-26(19(18)22)17-10-6-5-7-11-17/h5-7,10-11,16H,3-4,8-9,12-14H2,1-2H3,(H,23,27). The van der Waals surface area contributed by atoms with E-state index in [2.05, 4.69) is 17.3 Å². The highest BCUT2D eigenvalue weighted by Crippen LogP contribution is 2.27. The molecule has 150 valence electrons. The van der Waals surface area contributed by atoms with Gasteiger partial charge in [0, 0.05) is 19.6 Å². The number of carbonyl (C=O) groups is 2. The minimum atomic E-state index is -0.169. The number of benzene rings is 1. The predicted octanol–water partition coefficient (Wildman–Crippen LogP) is 3.60. The first kappa shape index (κ1) is 20.4. The van der Waals surface area contributed by atoms with Crippen LogP contribution in [-0.4, -0.2) is 46.1 Å². The molecule has 1 fully saturated rings. The summed E-state index contributed by atoms with van der Waals surface area (Å²) in [7, 11) is 0. The maximum absolute atomic E-state index is 13.2. The van der Waals surface area contributed by atoms with Gasteiger partial charge in [0.15, 0.2) is 0 Å². The number of para-hydroxylation sites is 1. The maximum atomic E-state index is 13.2. The molecule has 0 bridgehead atoms. The summed E-state index contributed by atoms with van der Waals surface area (Å²) in [4.78, 5) is 27.3. The number of carbonyl (C=O) groups excluding carboxylic acids is 2. The second kappa shape index (κ2) is 9.24. The van der Waals surface area contributed by atoms with E-state index in [4.69, 9.17) is 11.6 Å². The molecule has 0 spiro atoms. The summed E-state index contributed by atoms with van der Waals surface area (Å²) in [5.74, 6) is -0.290. The van der Waals surface area contributed by atoms with Gasteiger partial charge in [-0.3, -0.25) is 9.59 Å². The van der Waals surface area contributed by atoms with Gasteiger partial charge in [-0.05, 0) is 38.3 Å². The van der Waals surface area contributed by atoms with E-state index in [1.54, 1.807) is 16.5 Å². The number of hydrogen-bond acceptors (Lipinski definition) is 3. The molecule has 3 rings (SSSR count). The molecule has 1 saturated heterocycles. The van der Waals surface area contributed by atoms with E-state index in [1.807, 2.05) is 30.3 Å². The van der Waals surface area contributed by atoms with Crippen LogP contribution in [0.3, 0.4) is 0 Å². The first-order valence-electron chi connectivity index (χ1n) is 9.90. The van der Waals surface area contributed by atoms with Crippen LogP contribution in [0.2, 0.25) is 5.15 Å². The van der Waals surface area contributed by atoms with E-state index in [0.717, 1.165) is 31.4 Å². The van der Waals surface area contributed by atoms with Crippen LogP contribution in [-0.2, 0) is 4.79 Å². The Hall–Kier alpha value is -2.34. The Balaban J connectivity index is 1.75. The van der Waals surface area contributed by atoms with Crippen LogP contribution in [0.25, 0.3) is 5.69 Å². The van der Waals surface area contributed by atoms with E-state index in [1.165, 1.54) is 0 Å². The summed E-state index contributed by atoms with van der Waals surface area (Å²) >= 11 is 6.54. The zero-order chi connectivity index (χ0) is 20.1. The molecule has 1 aliphatic heterocycles. The van der Waals surface area contributed by atoms with Gasteiger partial charge in [-0.25, -0.2) is 4.68 Å². The van der Waals surface area contributed by atoms with Gasteiger partial charge in [-0.2, -0.15) is 5.10 Å². The van der Waals surface area contributed by atoms with Gasteiger partial charge < -0.3 is 10.2 Å². The van der Waals surface area contributed by atoms with Crippen molar-refractivity contribution in [2.24, 2.45) is 5.92 Å². The van der Waals surface area contributed by atoms with Crippen molar-refractivity contribution < 1.29 is 9.59 Å². The fraction of sp³-hybridized carbons (Fsp3) is 0.476. The molecular weight excluding hydrogens is 376 g/mol. The molecule has 1 atom stereocenters. The van der Waals surface area contributed by atoms with Crippen molar-refractivity contribution in [1.29, 1.82) is 0 Å². The fourth-order valence-electron chi connectivity index (χ4n) is 3.55. The first-order chi connectivity index (χ1) is 13.5. The number of nitrogens with zero attached hydrogens (tertiary/aromatic N) is 3. The van der Waals surface area contributed by atoms with Gasteiger partial charge in [0.05, 0.1) is 22.9 Å². The number of likely N-dealkylation sites (tertiary alicyclic amines) is 1. The van der Waals surface area contributed by atoms with Gasteiger partial charge in [-0.1, -0.05) is 43.1 Å². The summed E-state index contributed by atoms with van der Waals surface area (Å²) in [5, 5.41) is 7.75. The molecule has 2 heterocycles. The Kier molecular flexibility index (Phi) is 6.73. The Morgan fingerprint density at radius 3 is 2.75 bits per heavy atom. The summed E-state index contributed by atoms with van der Waals surface area (Å²) < 4.78 is 1.59. The number of piperidine rings is 1. The molecule has 1 aliphatic rings. The van der Waals surface area contributed by atoms with Crippen LogP contribution in [0.4, 0.5) is 0 Å². The van der Waals surface area contributed by atoms with Gasteiger partial charge >= 0.3 is 0 Å². The average Bonchev–Trinajstić information content (AvgIpc) is 3.02. The normalized spacial score (nSPS) is 16.8. The molecule has 1 aromatic heterocycles. The lowest BCUT2D eigenvalue weighted by molar-refractivity contribution is -0.126. The molecule has 7 heteroatoms. The number of amides is 2. The largest absolute Gasteiger partial charge is 0.356 e. The van der Waals surface area contributed by atoms with Crippen molar-refractivity contribution in [3.8, 4) is 5.69 Å². The Morgan fingerprint density at radius 2 is 2.04 bits per heavy atom. The van der Waals surface area contributed by atoms with Crippen LogP contribution in [0.15, 0.2) is 30.3 Å². The van der Waals surface area contributed by atoms with Crippen LogP contribution >= 0.6 is 11.6 Å². The van der Waals surface area contributed by atoms with Crippen molar-refractivity contribution in [2.45, 2.75) is 39.5 Å². The molecular formula is C21H27ClN4O2. The van der Waals surface area contributed by atoms with Gasteiger partial charge in [0.1, 0.15) is 5.15 Å². The van der Waals surface area contributed by atoms with Crippen molar-refractivity contribution in [1.82, 2.24) is 20.0 Å². The first-order valence-corrected chi connectivity index (χ1v) is 10.3. The molecule has 1 unspecified atom stereocenters. The average molecular weight is 403 g/mol. The highest BCUT2D eigenvalue weighted by molar-refractivity contribution is 6.33. The number of hydrogen-bond donors (Lipinski definition) is 1. The predicted molar refractivity (Wildman–Crippen MR) is 110 cm³/mol. The molecule has 28 heavy (non-hydrogen) atoms. The van der Waals surface area contributed by atoms with E-state index in [0.29, 0.717) is 36.0 Å². The topological polar surface area (TPSA) is 67.2 Å². The number of aromatic nitrogens is 2. The number of rotatable bonds is 6. The smallest absolute Gasteiger partial charge is 0.258 e. The quantitative estimate of drug-likeness (QED) is 0.750. The third-order valence-electron chi connectivity index (χ3n) is 5.13. The van der Waals surface area contributed by atoms with Crippen molar-refractivity contribution in [3.05, 3.63) is 46.7 Å². The third-order valence-corrected chi connectivity index (χ3v) is 5.48. The van der Waals surface area contributed by atoms with E-state index < -0.39 is 0 Å². The summed E-state index contributed by atoms with van der Waals surface area (Å²) in [6, 6.07) is 9.50. The van der Waals surface area contributed by atoms with Gasteiger partial charge in [0.25, 0.3) is 5.91 Å². The lowest BCUT2D eigenvalue weighted by Gasteiger charge is -2.32. The Morgan fingerprint density at radius 1 is 1.29 bits per heavy atom. The number of nitrogens with one attached hydrogen (secondary N) is 1. The van der Waals surface area contributed by atoms with Crippen molar-refractivity contribution in [3.63, 3.8) is 0 Å². The lowest BCUT2D eigenvalue weighted by Crippen LogP contribution is -2.45. The summed E-state index contributed by atoms with van der Waals surface area (Å²) in [6.45, 7) is 5.62. The van der Waals surface area contributed by atoms with Crippen LogP contribution in [0, 0.1) is 12.8 Å². The SMILES string of the molecule is CCCCNC(=O)C1CCCN(C(=O)c2c(C)nn(-c3ccccc3)c2Cl)C1. The minimum Gasteiger partial charge on any atom is -0.356 e. The van der Waals surface area contributed by atoms with Crippen molar-refractivity contribution in [2.75, 3.05) is 19.6 Å². The monoisotopic (exact) mass is 402 g/mol. The molecule has 6 nitrogen and oxygen atoms in total. The Bertz CT molecular complexity index is 834. The van der Waals surface area contributed by atoms with Crippen LogP contribution in [0.5, 0.6) is 0 Å². The minimum absolute atomic E-state index is 0.0359. The zero-order valence-electron chi connectivity index (χ0n) is 16.4. The summed E-state index contributed by atoms with van der Waals surface area (Å²) in [6.07, 6.45) is 3.62. The highest BCUT2D eigenvalue weighted by atomic mass is 35.5.